The predicted octanol–water partition coefficient (Wildman–Crippen LogP) is 2.12. The van der Waals surface area contributed by atoms with Crippen molar-refractivity contribution < 1.29 is 5.21 Å². The maximum Gasteiger partial charge on any atom is 0.0826 e. The van der Waals surface area contributed by atoms with Gasteiger partial charge in [0.1, 0.15) is 0 Å². The third-order valence-electron chi connectivity index (χ3n) is 3.78. The molecule has 2 fully saturated rings. The van der Waals surface area contributed by atoms with Gasteiger partial charge in [-0.3, -0.25) is 4.98 Å². The molecule has 0 radical (unpaired) electrons. The van der Waals surface area contributed by atoms with Gasteiger partial charge in [-0.05, 0) is 37.3 Å². The molecule has 0 saturated heterocycles. The molecular weight excluding hydrogens is 202 g/mol. The van der Waals surface area contributed by atoms with Crippen LogP contribution in [0, 0.1) is 11.8 Å². The van der Waals surface area contributed by atoms with E-state index in [0.29, 0.717) is 11.8 Å². The molecule has 2 N–H and O–H groups in total. The molecule has 2 saturated carbocycles. The highest BCUT2D eigenvalue weighted by molar-refractivity contribution is 5.96. The third kappa shape index (κ3) is 1.45. The molecule has 4 heteroatoms. The average molecular weight is 217 g/mol. The first-order valence-electron chi connectivity index (χ1n) is 5.77. The fraction of sp³-hybridized carbons (Fsp3) is 0.500. The molecule has 4 nitrogen and oxygen atoms in total. The van der Waals surface area contributed by atoms with Crippen LogP contribution < -0.4 is 5.32 Å². The maximum atomic E-state index is 9.07. The van der Waals surface area contributed by atoms with Crippen LogP contribution in [0.15, 0.2) is 29.7 Å². The van der Waals surface area contributed by atoms with E-state index in [0.717, 1.165) is 17.8 Å². The van der Waals surface area contributed by atoms with Gasteiger partial charge in [0.15, 0.2) is 0 Å². The van der Waals surface area contributed by atoms with Gasteiger partial charge in [-0.25, -0.2) is 0 Å². The van der Waals surface area contributed by atoms with Crippen molar-refractivity contribution in [3.8, 4) is 0 Å². The molecule has 1 heterocycles. The molecule has 2 bridgehead atoms. The first kappa shape index (κ1) is 9.63. The summed E-state index contributed by atoms with van der Waals surface area (Å²) in [6.07, 6.45) is 7.14. The second kappa shape index (κ2) is 3.77. The van der Waals surface area contributed by atoms with Crippen LogP contribution in [0.5, 0.6) is 0 Å². The highest BCUT2D eigenvalue weighted by atomic mass is 16.4. The van der Waals surface area contributed by atoms with Gasteiger partial charge in [0.2, 0.25) is 0 Å². The molecule has 0 aromatic carbocycles. The predicted molar refractivity (Wildman–Crippen MR) is 61.7 cm³/mol. The monoisotopic (exact) mass is 217 g/mol. The van der Waals surface area contributed by atoms with E-state index < -0.39 is 0 Å². The Bertz CT molecular complexity index is 404. The summed E-state index contributed by atoms with van der Waals surface area (Å²) in [6.45, 7) is 0. The molecule has 0 spiro atoms. The molecule has 2 aliphatic carbocycles. The number of oxime groups is 1. The number of nitrogens with one attached hydrogen (secondary N) is 1. The van der Waals surface area contributed by atoms with E-state index in [-0.39, 0.29) is 6.04 Å². The summed E-state index contributed by atoms with van der Waals surface area (Å²) in [6, 6.07) is 4.10. The Labute approximate surface area is 94.4 Å². The largest absolute Gasteiger partial charge is 0.411 e. The van der Waals surface area contributed by atoms with Gasteiger partial charge < -0.3 is 10.5 Å². The van der Waals surface area contributed by atoms with Crippen molar-refractivity contribution in [2.75, 3.05) is 5.32 Å². The van der Waals surface area contributed by atoms with Gasteiger partial charge in [-0.1, -0.05) is 5.16 Å². The molecule has 16 heavy (non-hydrogen) atoms. The van der Waals surface area contributed by atoms with Crippen molar-refractivity contribution in [2.24, 2.45) is 17.0 Å². The van der Waals surface area contributed by atoms with Crippen molar-refractivity contribution in [1.29, 1.82) is 0 Å². The smallest absolute Gasteiger partial charge is 0.0826 e. The Morgan fingerprint density at radius 2 is 2.38 bits per heavy atom. The molecule has 3 rings (SSSR count). The highest BCUT2D eigenvalue weighted by Crippen LogP contribution is 2.43. The van der Waals surface area contributed by atoms with Gasteiger partial charge >= 0.3 is 0 Å². The summed E-state index contributed by atoms with van der Waals surface area (Å²) < 4.78 is 0. The van der Waals surface area contributed by atoms with Crippen molar-refractivity contribution in [1.82, 2.24) is 4.98 Å². The number of nitrogens with zero attached hydrogens (tertiary/aromatic N) is 2. The van der Waals surface area contributed by atoms with Crippen LogP contribution in [-0.2, 0) is 0 Å². The van der Waals surface area contributed by atoms with Crippen LogP contribution in [0.25, 0.3) is 0 Å². The minimum Gasteiger partial charge on any atom is -0.411 e. The Morgan fingerprint density at radius 1 is 1.44 bits per heavy atom. The van der Waals surface area contributed by atoms with Crippen molar-refractivity contribution >= 4 is 11.4 Å². The zero-order valence-corrected chi connectivity index (χ0v) is 9.00. The van der Waals surface area contributed by atoms with E-state index >= 15 is 0 Å². The van der Waals surface area contributed by atoms with Crippen LogP contribution in [-0.4, -0.2) is 21.9 Å². The normalized spacial score (nSPS) is 34.5. The molecule has 0 amide bonds. The van der Waals surface area contributed by atoms with Crippen molar-refractivity contribution in [2.45, 2.75) is 25.3 Å². The lowest BCUT2D eigenvalue weighted by Crippen LogP contribution is -2.35. The van der Waals surface area contributed by atoms with Gasteiger partial charge in [-0.15, -0.1) is 0 Å². The molecular formula is C12H15N3O. The van der Waals surface area contributed by atoms with Gasteiger partial charge in [0, 0.05) is 18.3 Å². The van der Waals surface area contributed by atoms with E-state index in [2.05, 4.69) is 15.5 Å². The summed E-state index contributed by atoms with van der Waals surface area (Å²) in [4.78, 5) is 4.07. The van der Waals surface area contributed by atoms with E-state index in [4.69, 9.17) is 5.21 Å². The van der Waals surface area contributed by atoms with Crippen LogP contribution in [0.4, 0.5) is 5.69 Å². The maximum absolute atomic E-state index is 9.07. The summed E-state index contributed by atoms with van der Waals surface area (Å²) >= 11 is 0. The zero-order chi connectivity index (χ0) is 11.0. The second-order valence-corrected chi connectivity index (χ2v) is 4.66. The first-order valence-corrected chi connectivity index (χ1v) is 5.77. The van der Waals surface area contributed by atoms with E-state index in [1.807, 2.05) is 12.1 Å². The van der Waals surface area contributed by atoms with Crippen LogP contribution in [0.2, 0.25) is 0 Å². The Kier molecular flexibility index (Phi) is 2.27. The topological polar surface area (TPSA) is 57.5 Å². The number of rotatable bonds is 2. The van der Waals surface area contributed by atoms with E-state index in [1.165, 1.54) is 12.8 Å². The summed E-state index contributed by atoms with van der Waals surface area (Å²) in [5.41, 5.74) is 1.93. The average Bonchev–Trinajstić information content (AvgIpc) is 2.91. The minimum absolute atomic E-state index is 0.202. The molecule has 1 aromatic rings. The number of hydrogen-bond donors (Lipinski definition) is 2. The van der Waals surface area contributed by atoms with Gasteiger partial charge in [0.05, 0.1) is 17.4 Å². The Balaban J connectivity index is 1.80. The fourth-order valence-electron chi connectivity index (χ4n) is 3.05. The SMILES string of the molecule is O/N=C1/[C@H]2CC[C@H](C2)[C@H]1Nc1cccnc1. The fourth-order valence-corrected chi connectivity index (χ4v) is 3.05. The van der Waals surface area contributed by atoms with Crippen LogP contribution >= 0.6 is 0 Å². The van der Waals surface area contributed by atoms with E-state index in [1.54, 1.807) is 12.4 Å². The quantitative estimate of drug-likeness (QED) is 0.589. The number of fused-ring (bicyclic) bond motifs is 2. The minimum atomic E-state index is 0.202. The van der Waals surface area contributed by atoms with E-state index in [9.17, 15) is 0 Å². The lowest BCUT2D eigenvalue weighted by molar-refractivity contribution is 0.312. The Morgan fingerprint density at radius 3 is 3.12 bits per heavy atom. The molecule has 2 aliphatic rings. The Hall–Kier alpha value is -1.58. The second-order valence-electron chi connectivity index (χ2n) is 4.66. The van der Waals surface area contributed by atoms with Gasteiger partial charge in [-0.2, -0.15) is 0 Å². The first-order chi connectivity index (χ1) is 7.88. The van der Waals surface area contributed by atoms with Crippen LogP contribution in [0.3, 0.4) is 0 Å². The molecule has 3 atom stereocenters. The summed E-state index contributed by atoms with van der Waals surface area (Å²) in [5, 5.41) is 16.0. The van der Waals surface area contributed by atoms with Crippen LogP contribution in [0.1, 0.15) is 19.3 Å². The highest BCUT2D eigenvalue weighted by Gasteiger charge is 2.45. The number of hydrogen-bond acceptors (Lipinski definition) is 4. The lowest BCUT2D eigenvalue weighted by atomic mass is 9.93. The molecule has 84 valence electrons. The molecule has 1 aromatic heterocycles. The lowest BCUT2D eigenvalue weighted by Gasteiger charge is -2.24. The molecule has 0 aliphatic heterocycles. The summed E-state index contributed by atoms with van der Waals surface area (Å²) in [7, 11) is 0. The van der Waals surface area contributed by atoms with Crippen molar-refractivity contribution in [3.63, 3.8) is 0 Å². The van der Waals surface area contributed by atoms with Gasteiger partial charge in [0.25, 0.3) is 0 Å². The number of anilines is 1. The third-order valence-corrected chi connectivity index (χ3v) is 3.78. The van der Waals surface area contributed by atoms with Crippen molar-refractivity contribution in [3.05, 3.63) is 24.5 Å². The standard InChI is InChI=1S/C12H15N3O/c16-15-12-9-4-3-8(6-9)11(12)14-10-2-1-5-13-7-10/h1-2,5,7-9,11,14,16H,3-4,6H2/b15-12-/t8-,9+,11-/m1/s1. The molecule has 0 unspecified atom stereocenters. The summed E-state index contributed by atoms with van der Waals surface area (Å²) in [5.74, 6) is 1.11. The zero-order valence-electron chi connectivity index (χ0n) is 9.00. The number of pyridine rings is 1. The number of aromatic nitrogens is 1.